The number of carbonyl (C=O) groups excluding carboxylic acids is 1. The Bertz CT molecular complexity index is 1060. The number of carbonyl (C=O) groups is 1. The highest BCUT2D eigenvalue weighted by molar-refractivity contribution is 6.24. The molecule has 0 spiro atoms. The van der Waals surface area contributed by atoms with Crippen molar-refractivity contribution < 1.29 is 26.7 Å². The molecular weight excluding hydrogens is 407 g/mol. The summed E-state index contributed by atoms with van der Waals surface area (Å²) in [7, 11) is 0. The lowest BCUT2D eigenvalue weighted by Gasteiger charge is -2.18. The molecule has 1 aliphatic heterocycles. The average Bonchev–Trinajstić information content (AvgIpc) is 2.63. The fraction of sp³-hybridized carbons (Fsp3) is 0.250. The number of allylic oxidation sites excluding steroid dienone is 1. The summed E-state index contributed by atoms with van der Waals surface area (Å²) in [6, 6.07) is 4.31. The third kappa shape index (κ3) is 4.64. The number of nitrogens with two attached hydrogens (primary N) is 1. The van der Waals surface area contributed by atoms with Gasteiger partial charge in [-0.25, -0.2) is 8.78 Å². The van der Waals surface area contributed by atoms with Crippen molar-refractivity contribution in [3.63, 3.8) is 0 Å². The lowest BCUT2D eigenvalue weighted by molar-refractivity contribution is -0.140. The molecule has 3 N–H and O–H groups in total. The van der Waals surface area contributed by atoms with Crippen molar-refractivity contribution in [1.29, 1.82) is 0 Å². The number of piperidine rings is 1. The van der Waals surface area contributed by atoms with Crippen LogP contribution in [0.1, 0.15) is 30.2 Å². The van der Waals surface area contributed by atoms with Crippen LogP contribution in [0.15, 0.2) is 46.7 Å². The van der Waals surface area contributed by atoms with Gasteiger partial charge in [-0.05, 0) is 36.8 Å². The van der Waals surface area contributed by atoms with Gasteiger partial charge in [-0.15, -0.1) is 0 Å². The highest BCUT2D eigenvalue weighted by Crippen LogP contribution is 2.33. The molecule has 0 radical (unpaired) electrons. The van der Waals surface area contributed by atoms with Gasteiger partial charge < -0.3 is 11.1 Å². The smallest absolute Gasteiger partial charge is 0.402 e. The summed E-state index contributed by atoms with van der Waals surface area (Å²) in [5.74, 6) is -3.86. The molecule has 0 saturated carbocycles. The largest absolute Gasteiger partial charge is 0.419 e. The van der Waals surface area contributed by atoms with E-state index in [0.29, 0.717) is 47.9 Å². The number of hydrogen-bond donors (Lipinski definition) is 2. The molecule has 2 heterocycles. The maximum atomic E-state index is 13.6. The van der Waals surface area contributed by atoms with Crippen LogP contribution >= 0.6 is 0 Å². The van der Waals surface area contributed by atoms with Crippen LogP contribution in [0, 0.1) is 11.6 Å². The topological polar surface area (TPSA) is 80.4 Å². The Balaban J connectivity index is 1.93. The number of aromatic nitrogens is 1. The number of nitrogens with one attached hydrogen (secondary N) is 1. The Morgan fingerprint density at radius 3 is 2.67 bits per heavy atom. The van der Waals surface area contributed by atoms with E-state index in [0.717, 1.165) is 0 Å². The average molecular weight is 424 g/mol. The van der Waals surface area contributed by atoms with E-state index in [-0.39, 0.29) is 23.5 Å². The monoisotopic (exact) mass is 424 g/mol. The first kappa shape index (κ1) is 21.4. The SMILES string of the molecule is C/C(N)=C1\C(=O)NCCC1=Nc1ccnc(Cc2cc(F)c(F)c(C(F)(F)F)c2)c1. The molecule has 10 heteroatoms. The van der Waals surface area contributed by atoms with Gasteiger partial charge >= 0.3 is 6.18 Å². The number of pyridine rings is 1. The van der Waals surface area contributed by atoms with Gasteiger partial charge in [0.2, 0.25) is 0 Å². The van der Waals surface area contributed by atoms with Gasteiger partial charge in [-0.3, -0.25) is 14.8 Å². The van der Waals surface area contributed by atoms with E-state index in [2.05, 4.69) is 15.3 Å². The lowest BCUT2D eigenvalue weighted by Crippen LogP contribution is -2.37. The molecule has 2 aromatic rings. The second-order valence-corrected chi connectivity index (χ2v) is 6.74. The molecule has 30 heavy (non-hydrogen) atoms. The molecule has 1 aromatic heterocycles. The number of amides is 1. The van der Waals surface area contributed by atoms with Crippen LogP contribution < -0.4 is 11.1 Å². The van der Waals surface area contributed by atoms with Crippen molar-refractivity contribution >= 4 is 17.3 Å². The molecule has 0 unspecified atom stereocenters. The van der Waals surface area contributed by atoms with Crippen molar-refractivity contribution in [2.24, 2.45) is 10.7 Å². The second-order valence-electron chi connectivity index (χ2n) is 6.74. The first-order valence-electron chi connectivity index (χ1n) is 8.89. The third-order valence-corrected chi connectivity index (χ3v) is 4.40. The summed E-state index contributed by atoms with van der Waals surface area (Å²) < 4.78 is 65.9. The Labute approximate surface area is 168 Å². The fourth-order valence-electron chi connectivity index (χ4n) is 3.11. The van der Waals surface area contributed by atoms with Gasteiger partial charge in [0.25, 0.3) is 5.91 Å². The lowest BCUT2D eigenvalue weighted by atomic mass is 10.0. The molecule has 3 rings (SSSR count). The van der Waals surface area contributed by atoms with Crippen LogP contribution in [0.2, 0.25) is 0 Å². The molecule has 0 atom stereocenters. The van der Waals surface area contributed by atoms with Gasteiger partial charge in [0.1, 0.15) is 0 Å². The van der Waals surface area contributed by atoms with Crippen LogP contribution in [-0.4, -0.2) is 23.1 Å². The molecular formula is C20H17F5N4O. The molecule has 0 aliphatic carbocycles. The zero-order chi connectivity index (χ0) is 22.1. The number of rotatable bonds is 3. The van der Waals surface area contributed by atoms with Gasteiger partial charge in [0.05, 0.1) is 22.5 Å². The third-order valence-electron chi connectivity index (χ3n) is 4.40. The zero-order valence-electron chi connectivity index (χ0n) is 15.8. The first-order valence-corrected chi connectivity index (χ1v) is 8.89. The van der Waals surface area contributed by atoms with Crippen LogP contribution in [0.4, 0.5) is 27.6 Å². The summed E-state index contributed by atoms with van der Waals surface area (Å²) in [4.78, 5) is 20.5. The van der Waals surface area contributed by atoms with Crippen molar-refractivity contribution in [3.05, 3.63) is 70.2 Å². The molecule has 1 aromatic carbocycles. The normalized spacial score (nSPS) is 17.8. The van der Waals surface area contributed by atoms with Crippen LogP contribution in [0.25, 0.3) is 0 Å². The highest BCUT2D eigenvalue weighted by Gasteiger charge is 2.36. The van der Waals surface area contributed by atoms with E-state index in [4.69, 9.17) is 5.73 Å². The van der Waals surface area contributed by atoms with E-state index in [9.17, 15) is 26.7 Å². The first-order chi connectivity index (χ1) is 14.1. The summed E-state index contributed by atoms with van der Waals surface area (Å²) >= 11 is 0. The molecule has 0 bridgehead atoms. The zero-order valence-corrected chi connectivity index (χ0v) is 15.8. The van der Waals surface area contributed by atoms with Gasteiger partial charge in [-0.1, -0.05) is 0 Å². The van der Waals surface area contributed by atoms with Crippen LogP contribution in [0.5, 0.6) is 0 Å². The Morgan fingerprint density at radius 1 is 1.27 bits per heavy atom. The van der Waals surface area contributed by atoms with Crippen molar-refractivity contribution in [3.8, 4) is 0 Å². The minimum atomic E-state index is -5.02. The summed E-state index contributed by atoms with van der Waals surface area (Å²) in [5, 5.41) is 2.67. The fourth-order valence-corrected chi connectivity index (χ4v) is 3.11. The number of benzene rings is 1. The summed E-state index contributed by atoms with van der Waals surface area (Å²) in [5.41, 5.74) is 5.77. The molecule has 1 aliphatic rings. The number of aliphatic imine (C=N–C) groups is 1. The van der Waals surface area contributed by atoms with Crippen molar-refractivity contribution in [1.82, 2.24) is 10.3 Å². The minimum Gasteiger partial charge on any atom is -0.402 e. The van der Waals surface area contributed by atoms with Crippen molar-refractivity contribution in [2.75, 3.05) is 6.54 Å². The summed E-state index contributed by atoms with van der Waals surface area (Å²) in [6.45, 7) is 1.97. The van der Waals surface area contributed by atoms with Gasteiger partial charge in [0, 0.05) is 37.0 Å². The maximum Gasteiger partial charge on any atom is 0.419 e. The second kappa shape index (κ2) is 8.21. The molecule has 1 saturated heterocycles. The van der Waals surface area contributed by atoms with Crippen molar-refractivity contribution in [2.45, 2.75) is 25.9 Å². The molecule has 158 valence electrons. The highest BCUT2D eigenvalue weighted by atomic mass is 19.4. The van der Waals surface area contributed by atoms with E-state index in [1.807, 2.05) is 0 Å². The van der Waals surface area contributed by atoms with E-state index in [1.54, 1.807) is 13.0 Å². The standard InChI is InChI=1S/C20H17F5N4O/c1-10(26)17-16(3-5-28-19(17)30)29-12-2-4-27-13(9-12)6-11-7-14(20(23,24)25)18(22)15(21)8-11/h2,4,7-9H,3,5-6,26H2,1H3,(H,28,30)/b17-10+,29-16?. The number of alkyl halides is 3. The Kier molecular flexibility index (Phi) is 5.86. The molecule has 1 fully saturated rings. The number of halogens is 5. The molecule has 5 nitrogen and oxygen atoms in total. The molecule has 1 amide bonds. The van der Waals surface area contributed by atoms with E-state index in [1.165, 1.54) is 12.3 Å². The van der Waals surface area contributed by atoms with E-state index >= 15 is 0 Å². The summed E-state index contributed by atoms with van der Waals surface area (Å²) in [6.07, 6.45) is -3.35. The van der Waals surface area contributed by atoms with Crippen LogP contribution in [-0.2, 0) is 17.4 Å². The number of hydrogen-bond acceptors (Lipinski definition) is 4. The Hall–Kier alpha value is -3.30. The minimum absolute atomic E-state index is 0.0889. The van der Waals surface area contributed by atoms with Gasteiger partial charge in [-0.2, -0.15) is 13.2 Å². The maximum absolute atomic E-state index is 13.6. The predicted molar refractivity (Wildman–Crippen MR) is 100 cm³/mol. The van der Waals surface area contributed by atoms with Crippen LogP contribution in [0.3, 0.4) is 0 Å². The quantitative estimate of drug-likeness (QED) is 0.581. The Morgan fingerprint density at radius 2 is 2.00 bits per heavy atom. The van der Waals surface area contributed by atoms with E-state index < -0.39 is 23.4 Å². The number of nitrogens with zero attached hydrogens (tertiary/aromatic N) is 2. The predicted octanol–water partition coefficient (Wildman–Crippen LogP) is 3.79. The van der Waals surface area contributed by atoms with Gasteiger partial charge in [0.15, 0.2) is 11.6 Å².